The number of aliphatic hydroxyl groups excluding tert-OH is 1. The number of carboxylic acid groups (broad SMARTS) is 1. The standard InChI is InChI=1S/C12H14O4.C4H8O3/c1-2-3-8-16-12(15)10-7-5-4-6-9(10)11(13)14;1-2-7-4(6)3-5/h4-7H,2-3,8H2,1H3,(H,13,14);5H,2-3H2,1H3. The largest absolute Gasteiger partial charge is 0.478 e. The van der Waals surface area contributed by atoms with Crippen LogP contribution in [0.25, 0.3) is 0 Å². The Morgan fingerprint density at radius 2 is 1.65 bits per heavy atom. The summed E-state index contributed by atoms with van der Waals surface area (Å²) in [5.74, 6) is -2.27. The molecule has 7 heteroatoms. The summed E-state index contributed by atoms with van der Waals surface area (Å²) in [4.78, 5) is 32.3. The fourth-order valence-corrected chi connectivity index (χ4v) is 1.44. The molecule has 0 aromatic heterocycles. The van der Waals surface area contributed by atoms with E-state index < -0.39 is 24.5 Å². The van der Waals surface area contributed by atoms with Crippen molar-refractivity contribution in [1.82, 2.24) is 0 Å². The average Bonchev–Trinajstić information content (AvgIpc) is 2.55. The number of unbranched alkanes of at least 4 members (excludes halogenated alkanes) is 1. The van der Waals surface area contributed by atoms with Gasteiger partial charge in [-0.3, -0.25) is 0 Å². The zero-order valence-corrected chi connectivity index (χ0v) is 13.3. The second kappa shape index (κ2) is 12.2. The molecule has 1 rings (SSSR count). The Labute approximate surface area is 134 Å². The van der Waals surface area contributed by atoms with Crippen LogP contribution in [0.2, 0.25) is 0 Å². The predicted octanol–water partition coefficient (Wildman–Crippen LogP) is 1.88. The summed E-state index contributed by atoms with van der Waals surface area (Å²) in [7, 11) is 0. The van der Waals surface area contributed by atoms with Crippen molar-refractivity contribution in [2.75, 3.05) is 19.8 Å². The van der Waals surface area contributed by atoms with Gasteiger partial charge >= 0.3 is 17.9 Å². The molecule has 0 aliphatic heterocycles. The van der Waals surface area contributed by atoms with Crippen LogP contribution in [0.1, 0.15) is 47.4 Å². The number of hydrogen-bond acceptors (Lipinski definition) is 6. The van der Waals surface area contributed by atoms with Gasteiger partial charge in [-0.1, -0.05) is 25.5 Å². The SMILES string of the molecule is CCCCOC(=O)c1ccccc1C(=O)O.CCOC(=O)CO. The third kappa shape index (κ3) is 8.57. The van der Waals surface area contributed by atoms with Crippen molar-refractivity contribution in [2.24, 2.45) is 0 Å². The van der Waals surface area contributed by atoms with Gasteiger partial charge < -0.3 is 19.7 Å². The topological polar surface area (TPSA) is 110 Å². The molecule has 0 unspecified atom stereocenters. The third-order valence-corrected chi connectivity index (χ3v) is 2.54. The molecule has 0 atom stereocenters. The zero-order valence-electron chi connectivity index (χ0n) is 13.3. The Morgan fingerprint density at radius 1 is 1.04 bits per heavy atom. The number of ether oxygens (including phenoxy) is 2. The van der Waals surface area contributed by atoms with Gasteiger partial charge in [-0.2, -0.15) is 0 Å². The Balaban J connectivity index is 0.000000585. The summed E-state index contributed by atoms with van der Waals surface area (Å²) in [6, 6.07) is 6.03. The first-order valence-corrected chi connectivity index (χ1v) is 7.23. The van der Waals surface area contributed by atoms with Crippen LogP contribution in [0.3, 0.4) is 0 Å². The lowest BCUT2D eigenvalue weighted by molar-refractivity contribution is -0.146. The lowest BCUT2D eigenvalue weighted by Crippen LogP contribution is -2.12. The molecule has 0 saturated carbocycles. The summed E-state index contributed by atoms with van der Waals surface area (Å²) < 4.78 is 9.26. The molecule has 0 spiro atoms. The molecular weight excluding hydrogens is 304 g/mol. The number of carbonyl (C=O) groups is 3. The highest BCUT2D eigenvalue weighted by Gasteiger charge is 2.16. The maximum Gasteiger partial charge on any atom is 0.339 e. The van der Waals surface area contributed by atoms with Gasteiger partial charge in [0.15, 0.2) is 0 Å². The molecule has 23 heavy (non-hydrogen) atoms. The minimum atomic E-state index is -1.12. The molecule has 0 aliphatic rings. The molecular formula is C16H22O7. The Kier molecular flexibility index (Phi) is 10.9. The molecule has 0 amide bonds. The van der Waals surface area contributed by atoms with E-state index in [4.69, 9.17) is 14.9 Å². The number of benzene rings is 1. The van der Waals surface area contributed by atoms with Gasteiger partial charge in [-0.05, 0) is 25.5 Å². The van der Waals surface area contributed by atoms with Crippen LogP contribution < -0.4 is 0 Å². The van der Waals surface area contributed by atoms with E-state index in [-0.39, 0.29) is 11.1 Å². The maximum absolute atomic E-state index is 11.6. The molecule has 0 fully saturated rings. The van der Waals surface area contributed by atoms with E-state index in [1.54, 1.807) is 19.1 Å². The van der Waals surface area contributed by atoms with Crippen molar-refractivity contribution in [3.63, 3.8) is 0 Å². The number of aromatic carboxylic acids is 1. The molecule has 0 aliphatic carbocycles. The van der Waals surface area contributed by atoms with E-state index in [1.165, 1.54) is 12.1 Å². The van der Waals surface area contributed by atoms with E-state index in [9.17, 15) is 14.4 Å². The second-order valence-electron chi connectivity index (χ2n) is 4.30. The first kappa shape index (κ1) is 20.6. The van der Waals surface area contributed by atoms with Crippen molar-refractivity contribution >= 4 is 17.9 Å². The number of esters is 2. The van der Waals surface area contributed by atoms with Crippen molar-refractivity contribution in [3.05, 3.63) is 35.4 Å². The summed E-state index contributed by atoms with van der Waals surface area (Å²) >= 11 is 0. The highest BCUT2D eigenvalue weighted by Crippen LogP contribution is 2.10. The van der Waals surface area contributed by atoms with Crippen LogP contribution in [-0.4, -0.2) is 47.9 Å². The molecule has 2 N–H and O–H groups in total. The molecule has 7 nitrogen and oxygen atoms in total. The summed E-state index contributed by atoms with van der Waals surface area (Å²) in [5.41, 5.74) is 0.0788. The number of hydrogen-bond donors (Lipinski definition) is 2. The lowest BCUT2D eigenvalue weighted by atomic mass is 10.1. The molecule has 0 radical (unpaired) electrons. The highest BCUT2D eigenvalue weighted by atomic mass is 16.5. The van der Waals surface area contributed by atoms with E-state index in [1.807, 2.05) is 6.92 Å². The van der Waals surface area contributed by atoms with Crippen LogP contribution in [0.4, 0.5) is 0 Å². The maximum atomic E-state index is 11.6. The monoisotopic (exact) mass is 326 g/mol. The Hall–Kier alpha value is -2.41. The third-order valence-electron chi connectivity index (χ3n) is 2.54. The van der Waals surface area contributed by atoms with E-state index in [0.29, 0.717) is 13.2 Å². The van der Waals surface area contributed by atoms with Gasteiger partial charge in [-0.15, -0.1) is 0 Å². The predicted molar refractivity (Wildman–Crippen MR) is 82.3 cm³/mol. The number of rotatable bonds is 7. The van der Waals surface area contributed by atoms with Gasteiger partial charge in [0.25, 0.3) is 0 Å². The Bertz CT molecular complexity index is 511. The minimum Gasteiger partial charge on any atom is -0.478 e. The van der Waals surface area contributed by atoms with Gasteiger partial charge in [0.2, 0.25) is 0 Å². The lowest BCUT2D eigenvalue weighted by Gasteiger charge is -2.06. The summed E-state index contributed by atoms with van der Waals surface area (Å²) in [6.45, 7) is 3.81. The quantitative estimate of drug-likeness (QED) is 0.581. The highest BCUT2D eigenvalue weighted by molar-refractivity contribution is 6.02. The number of carboxylic acids is 1. The van der Waals surface area contributed by atoms with E-state index in [2.05, 4.69) is 4.74 Å². The van der Waals surface area contributed by atoms with Crippen LogP contribution in [-0.2, 0) is 14.3 Å². The molecule has 0 bridgehead atoms. The van der Waals surface area contributed by atoms with E-state index >= 15 is 0 Å². The van der Waals surface area contributed by atoms with Crippen LogP contribution in [0.5, 0.6) is 0 Å². The van der Waals surface area contributed by atoms with Crippen molar-refractivity contribution < 1.29 is 34.1 Å². The number of aliphatic hydroxyl groups is 1. The van der Waals surface area contributed by atoms with Crippen molar-refractivity contribution in [3.8, 4) is 0 Å². The summed E-state index contributed by atoms with van der Waals surface area (Å²) in [6.07, 6.45) is 1.70. The minimum absolute atomic E-state index is 0.0241. The average molecular weight is 326 g/mol. The smallest absolute Gasteiger partial charge is 0.339 e. The normalized spacial score (nSPS) is 9.35. The molecule has 128 valence electrons. The van der Waals surface area contributed by atoms with Crippen LogP contribution in [0.15, 0.2) is 24.3 Å². The number of carbonyl (C=O) groups excluding carboxylic acids is 2. The molecule has 0 heterocycles. The zero-order chi connectivity index (χ0) is 17.7. The van der Waals surface area contributed by atoms with Crippen LogP contribution >= 0.6 is 0 Å². The van der Waals surface area contributed by atoms with Gasteiger partial charge in [-0.25, -0.2) is 14.4 Å². The van der Waals surface area contributed by atoms with Crippen LogP contribution in [0, 0.1) is 0 Å². The molecule has 0 saturated heterocycles. The van der Waals surface area contributed by atoms with Crippen molar-refractivity contribution in [1.29, 1.82) is 0 Å². The van der Waals surface area contributed by atoms with Gasteiger partial charge in [0, 0.05) is 0 Å². The molecule has 1 aromatic carbocycles. The first-order chi connectivity index (χ1) is 11.0. The Morgan fingerprint density at radius 3 is 2.09 bits per heavy atom. The van der Waals surface area contributed by atoms with Gasteiger partial charge in [0.05, 0.1) is 24.3 Å². The van der Waals surface area contributed by atoms with Crippen molar-refractivity contribution in [2.45, 2.75) is 26.7 Å². The fourth-order valence-electron chi connectivity index (χ4n) is 1.44. The second-order valence-corrected chi connectivity index (χ2v) is 4.30. The fraction of sp³-hybridized carbons (Fsp3) is 0.438. The molecule has 1 aromatic rings. The first-order valence-electron chi connectivity index (χ1n) is 7.23. The van der Waals surface area contributed by atoms with Gasteiger partial charge in [0.1, 0.15) is 6.61 Å². The summed E-state index contributed by atoms with van der Waals surface area (Å²) in [5, 5.41) is 16.9. The van der Waals surface area contributed by atoms with E-state index in [0.717, 1.165) is 12.8 Å².